The van der Waals surface area contributed by atoms with E-state index in [0.29, 0.717) is 5.52 Å². The van der Waals surface area contributed by atoms with E-state index in [1.807, 2.05) is 19.1 Å². The van der Waals surface area contributed by atoms with Gasteiger partial charge in [0.05, 0.1) is 11.0 Å². The Morgan fingerprint density at radius 3 is 2.43 bits per heavy atom. The summed E-state index contributed by atoms with van der Waals surface area (Å²) in [5, 5.41) is 0. The number of aryl methyl sites for hydroxylation is 1. The average molecular weight is 288 g/mol. The number of nitrogens with one attached hydrogen (secondary N) is 2. The molecule has 2 heterocycles. The number of aromatic amines is 2. The smallest absolute Gasteiger partial charge is 0.314 e. The van der Waals surface area contributed by atoms with Gasteiger partial charge in [-0.05, 0) is 31.2 Å². The Bertz CT molecular complexity index is 769. The Hall–Kier alpha value is -1.92. The lowest BCUT2D eigenvalue weighted by atomic mass is 10.1. The van der Waals surface area contributed by atoms with Crippen LogP contribution in [0.1, 0.15) is 11.1 Å². The highest BCUT2D eigenvalue weighted by Gasteiger charge is 2.16. The van der Waals surface area contributed by atoms with Crippen LogP contribution in [0.25, 0.3) is 11.0 Å². The molecule has 1 aromatic heterocycles. The standard InChI is InChI=1S/C15H20N4O2/c1-10-3-4-12-13(17-15(21)14(20)16-12)11(10)9-19-7-5-18(2)6-8-19/h3-4H,5-9H2,1-2H3,(H,16,20)(H,17,21). The van der Waals surface area contributed by atoms with Gasteiger partial charge >= 0.3 is 11.1 Å². The molecule has 1 saturated heterocycles. The van der Waals surface area contributed by atoms with Gasteiger partial charge < -0.3 is 14.9 Å². The molecular formula is C15H20N4O2. The van der Waals surface area contributed by atoms with Crippen LogP contribution in [-0.2, 0) is 6.54 Å². The van der Waals surface area contributed by atoms with Crippen LogP contribution in [-0.4, -0.2) is 53.0 Å². The predicted octanol–water partition coefficient (Wildman–Crippen LogP) is 0.272. The van der Waals surface area contributed by atoms with Crippen molar-refractivity contribution in [3.05, 3.63) is 44.0 Å². The van der Waals surface area contributed by atoms with Crippen LogP contribution in [0.5, 0.6) is 0 Å². The normalized spacial score (nSPS) is 17.4. The number of aromatic nitrogens is 2. The van der Waals surface area contributed by atoms with Gasteiger partial charge in [0.2, 0.25) is 0 Å². The van der Waals surface area contributed by atoms with E-state index in [1.54, 1.807) is 0 Å². The second-order valence-electron chi connectivity index (χ2n) is 5.77. The average Bonchev–Trinajstić information content (AvgIpc) is 2.46. The molecule has 2 aromatic rings. The fraction of sp³-hybridized carbons (Fsp3) is 0.467. The van der Waals surface area contributed by atoms with E-state index < -0.39 is 11.1 Å². The minimum Gasteiger partial charge on any atom is -0.316 e. The summed E-state index contributed by atoms with van der Waals surface area (Å²) in [6.45, 7) is 6.96. The van der Waals surface area contributed by atoms with Gasteiger partial charge in [0.1, 0.15) is 0 Å². The van der Waals surface area contributed by atoms with Crippen molar-refractivity contribution in [1.82, 2.24) is 19.8 Å². The maximum absolute atomic E-state index is 11.6. The van der Waals surface area contributed by atoms with Crippen molar-refractivity contribution in [2.75, 3.05) is 33.2 Å². The second kappa shape index (κ2) is 5.46. The molecule has 112 valence electrons. The molecule has 21 heavy (non-hydrogen) atoms. The second-order valence-corrected chi connectivity index (χ2v) is 5.77. The number of fused-ring (bicyclic) bond motifs is 1. The molecule has 6 heteroatoms. The van der Waals surface area contributed by atoms with Crippen molar-refractivity contribution >= 4 is 11.0 Å². The quantitative estimate of drug-likeness (QED) is 0.778. The van der Waals surface area contributed by atoms with Crippen molar-refractivity contribution < 1.29 is 0 Å². The summed E-state index contributed by atoms with van der Waals surface area (Å²) in [5.74, 6) is 0. The van der Waals surface area contributed by atoms with Crippen LogP contribution in [0, 0.1) is 6.92 Å². The van der Waals surface area contributed by atoms with E-state index in [-0.39, 0.29) is 0 Å². The Balaban J connectivity index is 2.01. The number of H-pyrrole nitrogens is 2. The monoisotopic (exact) mass is 288 g/mol. The van der Waals surface area contributed by atoms with Gasteiger partial charge in [0.15, 0.2) is 0 Å². The van der Waals surface area contributed by atoms with E-state index >= 15 is 0 Å². The minimum atomic E-state index is -0.600. The summed E-state index contributed by atoms with van der Waals surface area (Å²) in [4.78, 5) is 33.1. The van der Waals surface area contributed by atoms with Gasteiger partial charge in [-0.1, -0.05) is 6.07 Å². The lowest BCUT2D eigenvalue weighted by molar-refractivity contribution is 0.148. The minimum absolute atomic E-state index is 0.590. The zero-order chi connectivity index (χ0) is 15.0. The van der Waals surface area contributed by atoms with E-state index in [0.717, 1.165) is 49.4 Å². The number of hydrogen-bond donors (Lipinski definition) is 2. The van der Waals surface area contributed by atoms with Crippen molar-refractivity contribution in [3.8, 4) is 0 Å². The first-order valence-electron chi connectivity index (χ1n) is 7.20. The summed E-state index contributed by atoms with van der Waals surface area (Å²) in [5.41, 5.74) is 2.46. The third-order valence-electron chi connectivity index (χ3n) is 4.22. The topological polar surface area (TPSA) is 72.2 Å². The number of piperazine rings is 1. The molecule has 0 aliphatic carbocycles. The molecule has 2 N–H and O–H groups in total. The molecule has 6 nitrogen and oxygen atoms in total. The maximum Gasteiger partial charge on any atom is 0.314 e. The highest BCUT2D eigenvalue weighted by Crippen LogP contribution is 2.19. The van der Waals surface area contributed by atoms with E-state index in [1.165, 1.54) is 0 Å². The highest BCUT2D eigenvalue weighted by atomic mass is 16.2. The number of benzene rings is 1. The van der Waals surface area contributed by atoms with Gasteiger partial charge in [-0.2, -0.15) is 0 Å². The number of nitrogens with zero attached hydrogens (tertiary/aromatic N) is 2. The zero-order valence-corrected chi connectivity index (χ0v) is 12.4. The fourth-order valence-electron chi connectivity index (χ4n) is 2.78. The van der Waals surface area contributed by atoms with Gasteiger partial charge in [-0.15, -0.1) is 0 Å². The number of likely N-dealkylation sites (N-methyl/N-ethyl adjacent to an activating group) is 1. The van der Waals surface area contributed by atoms with Crippen LogP contribution in [0.3, 0.4) is 0 Å². The largest absolute Gasteiger partial charge is 0.316 e. The summed E-state index contributed by atoms with van der Waals surface area (Å²) in [6, 6.07) is 3.83. The molecule has 1 aliphatic heterocycles. The van der Waals surface area contributed by atoms with Gasteiger partial charge in [0, 0.05) is 32.7 Å². The molecule has 1 fully saturated rings. The van der Waals surface area contributed by atoms with E-state index in [9.17, 15) is 9.59 Å². The number of rotatable bonds is 2. The van der Waals surface area contributed by atoms with Crippen LogP contribution in [0.15, 0.2) is 21.7 Å². The highest BCUT2D eigenvalue weighted by molar-refractivity contribution is 5.78. The third-order valence-corrected chi connectivity index (χ3v) is 4.22. The van der Waals surface area contributed by atoms with Crippen LogP contribution >= 0.6 is 0 Å². The number of hydrogen-bond acceptors (Lipinski definition) is 4. The molecule has 3 rings (SSSR count). The molecule has 1 aliphatic rings. The Morgan fingerprint density at radius 1 is 1.05 bits per heavy atom. The van der Waals surface area contributed by atoms with Crippen LogP contribution in [0.2, 0.25) is 0 Å². The van der Waals surface area contributed by atoms with Crippen molar-refractivity contribution in [2.24, 2.45) is 0 Å². The molecule has 0 amide bonds. The summed E-state index contributed by atoms with van der Waals surface area (Å²) in [6.07, 6.45) is 0. The summed E-state index contributed by atoms with van der Waals surface area (Å²) in [7, 11) is 2.13. The molecular weight excluding hydrogens is 268 g/mol. The SMILES string of the molecule is Cc1ccc2[nH]c(=O)c(=O)[nH]c2c1CN1CCN(C)CC1. The molecule has 0 bridgehead atoms. The molecule has 1 aromatic carbocycles. The summed E-state index contributed by atoms with van der Waals surface area (Å²) < 4.78 is 0. The van der Waals surface area contributed by atoms with E-state index in [2.05, 4.69) is 26.8 Å². The molecule has 0 radical (unpaired) electrons. The summed E-state index contributed by atoms with van der Waals surface area (Å²) >= 11 is 0. The molecule has 0 spiro atoms. The first-order chi connectivity index (χ1) is 10.0. The zero-order valence-electron chi connectivity index (χ0n) is 12.4. The van der Waals surface area contributed by atoms with Crippen molar-refractivity contribution in [2.45, 2.75) is 13.5 Å². The molecule has 0 saturated carbocycles. The van der Waals surface area contributed by atoms with E-state index in [4.69, 9.17) is 0 Å². The Kier molecular flexibility index (Phi) is 3.65. The fourth-order valence-corrected chi connectivity index (χ4v) is 2.78. The van der Waals surface area contributed by atoms with Crippen LogP contribution in [0.4, 0.5) is 0 Å². The van der Waals surface area contributed by atoms with Crippen molar-refractivity contribution in [1.29, 1.82) is 0 Å². The Morgan fingerprint density at radius 2 is 1.71 bits per heavy atom. The first kappa shape index (κ1) is 14.0. The lowest BCUT2D eigenvalue weighted by Gasteiger charge is -2.32. The first-order valence-corrected chi connectivity index (χ1v) is 7.20. The van der Waals surface area contributed by atoms with Gasteiger partial charge in [-0.3, -0.25) is 14.5 Å². The maximum atomic E-state index is 11.6. The van der Waals surface area contributed by atoms with Crippen LogP contribution < -0.4 is 11.1 Å². The predicted molar refractivity (Wildman–Crippen MR) is 82.7 cm³/mol. The lowest BCUT2D eigenvalue weighted by Crippen LogP contribution is -2.44. The molecule has 0 unspecified atom stereocenters. The Labute approximate surface area is 122 Å². The third kappa shape index (κ3) is 2.77. The van der Waals surface area contributed by atoms with Crippen molar-refractivity contribution in [3.63, 3.8) is 0 Å². The van der Waals surface area contributed by atoms with Gasteiger partial charge in [-0.25, -0.2) is 0 Å². The van der Waals surface area contributed by atoms with Gasteiger partial charge in [0.25, 0.3) is 0 Å². The molecule has 0 atom stereocenters.